The SMILES string of the molecule is Brc1cccc(C2(CNCc3cc[nH]c3)CCOCC2)c1. The minimum Gasteiger partial charge on any atom is -0.381 e. The molecule has 1 aliphatic rings. The number of H-pyrrole nitrogens is 1. The molecule has 0 saturated carbocycles. The fourth-order valence-corrected chi connectivity index (χ4v) is 3.46. The van der Waals surface area contributed by atoms with E-state index in [2.05, 4.69) is 56.6 Å². The molecule has 0 atom stereocenters. The molecule has 2 heterocycles. The van der Waals surface area contributed by atoms with E-state index in [1.165, 1.54) is 11.1 Å². The van der Waals surface area contributed by atoms with Gasteiger partial charge in [-0.3, -0.25) is 0 Å². The van der Waals surface area contributed by atoms with Gasteiger partial charge in [-0.1, -0.05) is 28.1 Å². The highest BCUT2D eigenvalue weighted by Crippen LogP contribution is 2.35. The van der Waals surface area contributed by atoms with Gasteiger partial charge in [0.25, 0.3) is 0 Å². The van der Waals surface area contributed by atoms with Gasteiger partial charge in [-0.05, 0) is 42.2 Å². The Balaban J connectivity index is 1.73. The maximum absolute atomic E-state index is 5.58. The number of ether oxygens (including phenoxy) is 1. The fraction of sp³-hybridized carbons (Fsp3) is 0.412. The highest BCUT2D eigenvalue weighted by Gasteiger charge is 2.34. The second-order valence-electron chi connectivity index (χ2n) is 5.73. The fourth-order valence-electron chi connectivity index (χ4n) is 3.06. The zero-order chi connectivity index (χ0) is 14.5. The van der Waals surface area contributed by atoms with Crippen LogP contribution in [0.3, 0.4) is 0 Å². The van der Waals surface area contributed by atoms with Crippen LogP contribution in [0.25, 0.3) is 0 Å². The quantitative estimate of drug-likeness (QED) is 0.865. The molecule has 0 bridgehead atoms. The van der Waals surface area contributed by atoms with Crippen LogP contribution in [0.15, 0.2) is 47.2 Å². The summed E-state index contributed by atoms with van der Waals surface area (Å²) in [5, 5.41) is 3.63. The van der Waals surface area contributed by atoms with Crippen molar-refractivity contribution in [3.05, 3.63) is 58.3 Å². The number of benzene rings is 1. The number of hydrogen-bond acceptors (Lipinski definition) is 2. The molecular weight excluding hydrogens is 328 g/mol. The lowest BCUT2D eigenvalue weighted by Gasteiger charge is -2.38. The van der Waals surface area contributed by atoms with E-state index < -0.39 is 0 Å². The Bertz CT molecular complexity index is 562. The topological polar surface area (TPSA) is 37.0 Å². The molecule has 112 valence electrons. The third-order valence-electron chi connectivity index (χ3n) is 4.34. The highest BCUT2D eigenvalue weighted by atomic mass is 79.9. The van der Waals surface area contributed by atoms with Crippen molar-refractivity contribution in [1.82, 2.24) is 10.3 Å². The second kappa shape index (κ2) is 6.77. The molecule has 1 fully saturated rings. The molecule has 0 unspecified atom stereocenters. The molecule has 21 heavy (non-hydrogen) atoms. The average Bonchev–Trinajstić information content (AvgIpc) is 3.02. The maximum Gasteiger partial charge on any atom is 0.0475 e. The van der Waals surface area contributed by atoms with Crippen LogP contribution in [-0.2, 0) is 16.7 Å². The first-order valence-corrected chi connectivity index (χ1v) is 8.24. The number of aromatic nitrogens is 1. The summed E-state index contributed by atoms with van der Waals surface area (Å²) < 4.78 is 6.73. The first-order valence-electron chi connectivity index (χ1n) is 7.45. The van der Waals surface area contributed by atoms with Gasteiger partial charge in [-0.15, -0.1) is 0 Å². The van der Waals surface area contributed by atoms with Gasteiger partial charge < -0.3 is 15.0 Å². The van der Waals surface area contributed by atoms with Crippen molar-refractivity contribution in [1.29, 1.82) is 0 Å². The van der Waals surface area contributed by atoms with E-state index in [9.17, 15) is 0 Å². The molecule has 1 aromatic heterocycles. The summed E-state index contributed by atoms with van der Waals surface area (Å²) in [6, 6.07) is 10.8. The Hall–Kier alpha value is -1.10. The number of hydrogen-bond donors (Lipinski definition) is 2. The highest BCUT2D eigenvalue weighted by molar-refractivity contribution is 9.10. The molecule has 3 nitrogen and oxygen atoms in total. The summed E-state index contributed by atoms with van der Waals surface area (Å²) in [7, 11) is 0. The van der Waals surface area contributed by atoms with Crippen LogP contribution in [0.5, 0.6) is 0 Å². The molecule has 0 aliphatic carbocycles. The average molecular weight is 349 g/mol. The van der Waals surface area contributed by atoms with Crippen molar-refractivity contribution >= 4 is 15.9 Å². The Kier molecular flexibility index (Phi) is 4.78. The molecule has 0 amide bonds. The molecule has 1 aromatic carbocycles. The van der Waals surface area contributed by atoms with Crippen LogP contribution in [0, 0.1) is 0 Å². The van der Waals surface area contributed by atoms with Crippen molar-refractivity contribution in [2.24, 2.45) is 0 Å². The molecular formula is C17H21BrN2O. The lowest BCUT2D eigenvalue weighted by Crippen LogP contribution is -2.42. The van der Waals surface area contributed by atoms with Gasteiger partial charge in [0.15, 0.2) is 0 Å². The molecule has 0 radical (unpaired) electrons. The van der Waals surface area contributed by atoms with E-state index >= 15 is 0 Å². The number of rotatable bonds is 5. The molecule has 0 spiro atoms. The predicted octanol–water partition coefficient (Wildman–Crippen LogP) is 3.62. The Morgan fingerprint density at radius 2 is 2.10 bits per heavy atom. The van der Waals surface area contributed by atoms with Gasteiger partial charge in [0.1, 0.15) is 0 Å². The standard InChI is InChI=1S/C17H21BrN2O/c18-16-3-1-2-15(10-16)17(5-8-21-9-6-17)13-20-12-14-4-7-19-11-14/h1-4,7,10-11,19-20H,5-6,8-9,12-13H2. The summed E-state index contributed by atoms with van der Waals surface area (Å²) in [4.78, 5) is 3.10. The maximum atomic E-state index is 5.58. The summed E-state index contributed by atoms with van der Waals surface area (Å²) in [5.41, 5.74) is 2.88. The van der Waals surface area contributed by atoms with Gasteiger partial charge in [0, 0.05) is 48.6 Å². The monoisotopic (exact) mass is 348 g/mol. The van der Waals surface area contributed by atoms with E-state index in [0.29, 0.717) is 0 Å². The minimum atomic E-state index is 0.179. The molecule has 2 aromatic rings. The van der Waals surface area contributed by atoms with Crippen LogP contribution < -0.4 is 5.32 Å². The molecule has 1 saturated heterocycles. The van der Waals surface area contributed by atoms with Crippen molar-refractivity contribution in [2.45, 2.75) is 24.8 Å². The summed E-state index contributed by atoms with van der Waals surface area (Å²) in [5.74, 6) is 0. The normalized spacial score (nSPS) is 17.8. The van der Waals surface area contributed by atoms with E-state index in [4.69, 9.17) is 4.74 Å². The van der Waals surface area contributed by atoms with Crippen LogP contribution in [0.2, 0.25) is 0 Å². The van der Waals surface area contributed by atoms with E-state index in [1.54, 1.807) is 0 Å². The van der Waals surface area contributed by atoms with Crippen molar-refractivity contribution in [2.75, 3.05) is 19.8 Å². The molecule has 2 N–H and O–H groups in total. The molecule has 4 heteroatoms. The number of halogens is 1. The number of nitrogens with one attached hydrogen (secondary N) is 2. The lowest BCUT2D eigenvalue weighted by atomic mass is 9.74. The Morgan fingerprint density at radius 3 is 2.81 bits per heavy atom. The van der Waals surface area contributed by atoms with Crippen molar-refractivity contribution in [3.63, 3.8) is 0 Å². The van der Waals surface area contributed by atoms with Gasteiger partial charge in [0.05, 0.1) is 0 Å². The third kappa shape index (κ3) is 3.57. The van der Waals surface area contributed by atoms with E-state index in [1.807, 2.05) is 12.4 Å². The van der Waals surface area contributed by atoms with Crippen LogP contribution >= 0.6 is 15.9 Å². The molecule has 1 aliphatic heterocycles. The van der Waals surface area contributed by atoms with E-state index in [-0.39, 0.29) is 5.41 Å². The summed E-state index contributed by atoms with van der Waals surface area (Å²) in [6.07, 6.45) is 6.16. The lowest BCUT2D eigenvalue weighted by molar-refractivity contribution is 0.0497. The van der Waals surface area contributed by atoms with Gasteiger partial charge in [0.2, 0.25) is 0 Å². The van der Waals surface area contributed by atoms with Crippen LogP contribution in [0.1, 0.15) is 24.0 Å². The first kappa shape index (κ1) is 14.8. The summed E-state index contributed by atoms with van der Waals surface area (Å²) >= 11 is 3.60. The minimum absolute atomic E-state index is 0.179. The van der Waals surface area contributed by atoms with E-state index in [0.717, 1.165) is 43.6 Å². The van der Waals surface area contributed by atoms with Crippen LogP contribution in [-0.4, -0.2) is 24.7 Å². The Labute approximate surface area is 134 Å². The first-order chi connectivity index (χ1) is 10.3. The summed E-state index contributed by atoms with van der Waals surface area (Å²) in [6.45, 7) is 3.58. The largest absolute Gasteiger partial charge is 0.381 e. The zero-order valence-electron chi connectivity index (χ0n) is 12.1. The second-order valence-corrected chi connectivity index (χ2v) is 6.64. The van der Waals surface area contributed by atoms with Gasteiger partial charge in [-0.2, -0.15) is 0 Å². The Morgan fingerprint density at radius 1 is 1.24 bits per heavy atom. The predicted molar refractivity (Wildman–Crippen MR) is 88.4 cm³/mol. The van der Waals surface area contributed by atoms with Crippen molar-refractivity contribution < 1.29 is 4.74 Å². The smallest absolute Gasteiger partial charge is 0.0475 e. The van der Waals surface area contributed by atoms with Gasteiger partial charge >= 0.3 is 0 Å². The van der Waals surface area contributed by atoms with Crippen LogP contribution in [0.4, 0.5) is 0 Å². The molecule has 3 rings (SSSR count). The van der Waals surface area contributed by atoms with Gasteiger partial charge in [-0.25, -0.2) is 0 Å². The number of aromatic amines is 1. The van der Waals surface area contributed by atoms with Crippen molar-refractivity contribution in [3.8, 4) is 0 Å². The third-order valence-corrected chi connectivity index (χ3v) is 4.84. The zero-order valence-corrected chi connectivity index (χ0v) is 13.7.